The average molecular weight is 935 g/mol. The van der Waals surface area contributed by atoms with Gasteiger partial charge in [-0.2, -0.15) is 0 Å². The highest BCUT2D eigenvalue weighted by atomic mass is 16.5. The normalized spacial score (nSPS) is 17.6. The van der Waals surface area contributed by atoms with Gasteiger partial charge in [0.15, 0.2) is 0 Å². The molecule has 5 nitrogen and oxygen atoms in total. The summed E-state index contributed by atoms with van der Waals surface area (Å²) in [6.07, 6.45) is 7.05. The van der Waals surface area contributed by atoms with E-state index in [-0.39, 0.29) is 41.7 Å². The van der Waals surface area contributed by atoms with Crippen molar-refractivity contribution in [2.45, 2.75) is 116 Å². The number of imidazole rings is 1. The zero-order valence-electron chi connectivity index (χ0n) is 48.7. The second kappa shape index (κ2) is 15.6. The molecule has 0 aliphatic heterocycles. The molecule has 5 heteroatoms. The first-order valence-corrected chi connectivity index (χ1v) is 25.0. The van der Waals surface area contributed by atoms with E-state index >= 15 is 0 Å². The third-order valence-electron chi connectivity index (χ3n) is 15.3. The Morgan fingerprint density at radius 3 is 1.82 bits per heavy atom. The molecule has 0 saturated carbocycles. The van der Waals surface area contributed by atoms with Crippen LogP contribution < -0.4 is 9.30 Å². The second-order valence-electron chi connectivity index (χ2n) is 23.6. The molecule has 10 aromatic rings. The van der Waals surface area contributed by atoms with E-state index in [0.717, 1.165) is 79.4 Å². The summed E-state index contributed by atoms with van der Waals surface area (Å²) in [5.41, 5.74) is 8.88. The fraction of sp³-hybridized carbons (Fsp3) is 0.273. The molecule has 71 heavy (non-hydrogen) atoms. The molecule has 3 aromatic heterocycles. The van der Waals surface area contributed by atoms with Crippen LogP contribution in [0.15, 0.2) is 164 Å². The molecule has 2 aliphatic rings. The van der Waals surface area contributed by atoms with Gasteiger partial charge in [0.2, 0.25) is 0 Å². The SMILES string of the molecule is [2H]c1c([2H])c2c(c([2H])c1-c1cccc(-c3c([2H])c([2H])c4c(c3[2H])C(C)(C)CC4(C)C)c1-[n+]1[c-]n(-c3cccc(Oc4ccc5c6ccccc6n(-c6cc(C(C)(C)C)ccn6)c5c4)c3)c3ccccc31)C(C)(C)CC2(C)C. The van der Waals surface area contributed by atoms with Gasteiger partial charge in [0.05, 0.1) is 41.7 Å². The number of rotatable bonds is 7. The van der Waals surface area contributed by atoms with Crippen molar-refractivity contribution in [3.05, 3.63) is 198 Å². The molecule has 7 aromatic carbocycles. The van der Waals surface area contributed by atoms with Crippen molar-refractivity contribution in [3.8, 4) is 50.9 Å². The van der Waals surface area contributed by atoms with E-state index in [2.05, 4.69) is 136 Å². The first-order chi connectivity index (χ1) is 36.3. The van der Waals surface area contributed by atoms with Gasteiger partial charge in [0, 0.05) is 23.0 Å². The summed E-state index contributed by atoms with van der Waals surface area (Å²) in [5, 5.41) is 2.21. The predicted molar refractivity (Wildman–Crippen MR) is 293 cm³/mol. The number of hydrogen-bond donors (Lipinski definition) is 0. The second-order valence-corrected chi connectivity index (χ2v) is 23.6. The molecule has 3 heterocycles. The largest absolute Gasteiger partial charge is 0.458 e. The van der Waals surface area contributed by atoms with Crippen LogP contribution in [0.2, 0.25) is 0 Å². The van der Waals surface area contributed by atoms with Crippen LogP contribution >= 0.6 is 0 Å². The van der Waals surface area contributed by atoms with Gasteiger partial charge in [-0.25, -0.2) is 4.98 Å². The average Bonchev–Trinajstić information content (AvgIpc) is 4.11. The van der Waals surface area contributed by atoms with Gasteiger partial charge in [-0.1, -0.05) is 179 Å². The molecule has 0 atom stereocenters. The molecule has 2 aliphatic carbocycles. The topological polar surface area (TPSA) is 35.9 Å². The minimum Gasteiger partial charge on any atom is -0.458 e. The monoisotopic (exact) mass is 935 g/mol. The van der Waals surface area contributed by atoms with Gasteiger partial charge in [-0.15, -0.1) is 0 Å². The van der Waals surface area contributed by atoms with Crippen LogP contribution in [0.25, 0.3) is 72.3 Å². The minimum absolute atomic E-state index is 0.0458. The Bertz CT molecular complexity index is 4040. The summed E-state index contributed by atoms with van der Waals surface area (Å²) in [6.45, 7) is 23.6. The number of benzene rings is 7. The van der Waals surface area contributed by atoms with E-state index in [0.29, 0.717) is 39.4 Å². The third-order valence-corrected chi connectivity index (χ3v) is 15.3. The predicted octanol–water partition coefficient (Wildman–Crippen LogP) is 16.5. The Labute approximate surface area is 427 Å². The maximum atomic E-state index is 10.1. The Morgan fingerprint density at radius 2 is 1.15 bits per heavy atom. The molecule has 0 radical (unpaired) electrons. The van der Waals surface area contributed by atoms with Crippen molar-refractivity contribution in [1.82, 2.24) is 14.1 Å². The standard InChI is InChI=1S/C66H64N4O/c1-62(2,3)44-32-33-67-60(36-44)70-56-23-13-12-20-50(56)51-29-28-47(38-59(51)70)71-46-19-16-18-45(37-46)68-41-69(58-25-15-14-24-57(58)68)61-48(42-26-30-52-54(34-42)65(8,9)39-63(52,4)5)21-17-22-49(61)43-27-31-53-55(35-43)66(10,11)40-64(53,6)7/h12-38H,39-40H2,1-11H3/i26D,27D,30D,31D,34D,35D. The van der Waals surface area contributed by atoms with Gasteiger partial charge < -0.3 is 4.74 Å². The first kappa shape index (κ1) is 38.5. The van der Waals surface area contributed by atoms with Crippen LogP contribution in [-0.2, 0) is 27.1 Å². The molecule has 0 saturated heterocycles. The van der Waals surface area contributed by atoms with Crippen molar-refractivity contribution in [3.63, 3.8) is 0 Å². The van der Waals surface area contributed by atoms with Crippen LogP contribution in [0.5, 0.6) is 11.5 Å². The van der Waals surface area contributed by atoms with Crippen molar-refractivity contribution in [2.75, 3.05) is 0 Å². The van der Waals surface area contributed by atoms with E-state index in [1.807, 2.05) is 88.1 Å². The molecular formula is C66H64N4O. The van der Waals surface area contributed by atoms with Crippen LogP contribution in [0, 0.1) is 6.33 Å². The van der Waals surface area contributed by atoms with Crippen LogP contribution in [0.4, 0.5) is 0 Å². The zero-order valence-corrected chi connectivity index (χ0v) is 42.7. The fourth-order valence-electron chi connectivity index (χ4n) is 12.4. The van der Waals surface area contributed by atoms with Crippen molar-refractivity contribution in [2.24, 2.45) is 0 Å². The van der Waals surface area contributed by atoms with Gasteiger partial charge in [0.1, 0.15) is 17.3 Å². The van der Waals surface area contributed by atoms with E-state index in [4.69, 9.17) is 9.72 Å². The summed E-state index contributed by atoms with van der Waals surface area (Å²) in [5.74, 6) is 2.09. The highest BCUT2D eigenvalue weighted by molar-refractivity contribution is 6.09. The highest BCUT2D eigenvalue weighted by Crippen LogP contribution is 2.52. The summed E-state index contributed by atoms with van der Waals surface area (Å²) in [4.78, 5) is 4.88. The van der Waals surface area contributed by atoms with Gasteiger partial charge >= 0.3 is 0 Å². The number of pyridine rings is 1. The van der Waals surface area contributed by atoms with E-state index < -0.39 is 21.7 Å². The minimum atomic E-state index is -0.449. The summed E-state index contributed by atoms with van der Waals surface area (Å²) < 4.78 is 72.1. The van der Waals surface area contributed by atoms with E-state index in [9.17, 15) is 8.22 Å². The van der Waals surface area contributed by atoms with Gasteiger partial charge in [-0.05, 0) is 139 Å². The Balaban J connectivity index is 1.06. The molecule has 12 rings (SSSR count). The van der Waals surface area contributed by atoms with E-state index in [1.165, 1.54) is 5.56 Å². The maximum absolute atomic E-state index is 10.1. The Kier molecular flexibility index (Phi) is 8.48. The molecular weight excluding hydrogens is 865 g/mol. The number of ether oxygens (including phenoxy) is 1. The summed E-state index contributed by atoms with van der Waals surface area (Å²) >= 11 is 0. The quantitative estimate of drug-likeness (QED) is 0.118. The molecule has 0 unspecified atom stereocenters. The van der Waals surface area contributed by atoms with Crippen LogP contribution in [0.3, 0.4) is 0 Å². The number of nitrogens with zero attached hydrogens (tertiary/aromatic N) is 4. The van der Waals surface area contributed by atoms with Gasteiger partial charge in [-0.3, -0.25) is 13.7 Å². The number of aromatic nitrogens is 4. The lowest BCUT2D eigenvalue weighted by molar-refractivity contribution is -0.571. The third kappa shape index (κ3) is 7.33. The maximum Gasteiger partial charge on any atom is 0.269 e. The van der Waals surface area contributed by atoms with Crippen molar-refractivity contribution in [1.29, 1.82) is 0 Å². The Hall–Kier alpha value is -7.24. The van der Waals surface area contributed by atoms with Crippen molar-refractivity contribution >= 4 is 32.8 Å². The number of fused-ring (bicyclic) bond motifs is 6. The van der Waals surface area contributed by atoms with Crippen LogP contribution in [0.1, 0.15) is 125 Å². The summed E-state index contributed by atoms with van der Waals surface area (Å²) in [6, 6.07) is 40.9. The first-order valence-electron chi connectivity index (χ1n) is 28.0. The fourth-order valence-corrected chi connectivity index (χ4v) is 12.4. The molecule has 0 spiro atoms. The molecule has 0 amide bonds. The molecule has 0 bridgehead atoms. The lowest BCUT2D eigenvalue weighted by Gasteiger charge is -2.23. The van der Waals surface area contributed by atoms with Crippen molar-refractivity contribution < 1.29 is 17.5 Å². The number of hydrogen-bond acceptors (Lipinski definition) is 2. The zero-order chi connectivity index (χ0) is 54.6. The van der Waals surface area contributed by atoms with E-state index in [1.54, 1.807) is 0 Å². The number of para-hydroxylation sites is 4. The highest BCUT2D eigenvalue weighted by Gasteiger charge is 2.43. The summed E-state index contributed by atoms with van der Waals surface area (Å²) in [7, 11) is 0. The molecule has 0 fully saturated rings. The van der Waals surface area contributed by atoms with Crippen LogP contribution in [-0.4, -0.2) is 14.1 Å². The molecule has 0 N–H and O–H groups in total. The Morgan fingerprint density at radius 1 is 0.577 bits per heavy atom. The lowest BCUT2D eigenvalue weighted by Crippen LogP contribution is -2.31. The molecule has 354 valence electrons. The lowest BCUT2D eigenvalue weighted by atomic mass is 9.82. The van der Waals surface area contributed by atoms with Gasteiger partial charge in [0.25, 0.3) is 6.33 Å². The smallest absolute Gasteiger partial charge is 0.269 e.